The Bertz CT molecular complexity index is 176. The highest BCUT2D eigenvalue weighted by molar-refractivity contribution is 6.60. The molecule has 0 aromatic heterocycles. The van der Waals surface area contributed by atoms with E-state index in [1.54, 1.807) is 14.2 Å². The molecule has 1 aliphatic heterocycles. The summed E-state index contributed by atoms with van der Waals surface area (Å²) in [6.45, 7) is 6.48. The zero-order valence-corrected chi connectivity index (χ0v) is 11.2. The fraction of sp³-hybridized carbons (Fsp3) is 1.00. The maximum atomic E-state index is 5.89. The summed E-state index contributed by atoms with van der Waals surface area (Å²) in [4.78, 5) is 0. The monoisotopic (exact) mass is 234 g/mol. The van der Waals surface area contributed by atoms with Crippen LogP contribution in [0.15, 0.2) is 0 Å². The standard InChI is InChI=1S/C10H22O4Si/c1-5-10(7-13-8-10)9-14-15(6-2,11-3)12-4/h5-9H2,1-4H3. The molecule has 0 amide bonds. The van der Waals surface area contributed by atoms with E-state index >= 15 is 0 Å². The molecule has 0 spiro atoms. The van der Waals surface area contributed by atoms with Crippen LogP contribution in [0.25, 0.3) is 0 Å². The van der Waals surface area contributed by atoms with E-state index in [1.165, 1.54) is 0 Å². The van der Waals surface area contributed by atoms with Crippen molar-refractivity contribution in [3.05, 3.63) is 0 Å². The minimum absolute atomic E-state index is 0.199. The third kappa shape index (κ3) is 2.79. The van der Waals surface area contributed by atoms with Crippen molar-refractivity contribution in [2.75, 3.05) is 34.0 Å². The van der Waals surface area contributed by atoms with Gasteiger partial charge in [0.1, 0.15) is 0 Å². The van der Waals surface area contributed by atoms with Gasteiger partial charge in [0.05, 0.1) is 13.2 Å². The largest absolute Gasteiger partial charge is 0.500 e. The summed E-state index contributed by atoms with van der Waals surface area (Å²) in [5.41, 5.74) is 0.199. The van der Waals surface area contributed by atoms with Crippen LogP contribution in [0.3, 0.4) is 0 Å². The molecule has 1 saturated heterocycles. The Morgan fingerprint density at radius 3 is 2.07 bits per heavy atom. The summed E-state index contributed by atoms with van der Waals surface area (Å²) in [6, 6.07) is 0.806. The summed E-state index contributed by atoms with van der Waals surface area (Å²) in [6.07, 6.45) is 1.08. The lowest BCUT2D eigenvalue weighted by Gasteiger charge is -2.42. The van der Waals surface area contributed by atoms with Gasteiger partial charge in [-0.15, -0.1) is 0 Å². The first kappa shape index (κ1) is 13.1. The first-order valence-corrected chi connectivity index (χ1v) is 7.41. The van der Waals surface area contributed by atoms with Gasteiger partial charge in [0.25, 0.3) is 0 Å². The van der Waals surface area contributed by atoms with Crippen molar-refractivity contribution in [2.24, 2.45) is 5.41 Å². The first-order chi connectivity index (χ1) is 7.16. The fourth-order valence-corrected chi connectivity index (χ4v) is 3.35. The average molecular weight is 234 g/mol. The third-order valence-corrected chi connectivity index (χ3v) is 5.91. The first-order valence-electron chi connectivity index (χ1n) is 5.48. The Kier molecular flexibility index (Phi) is 4.73. The second-order valence-electron chi connectivity index (χ2n) is 4.08. The van der Waals surface area contributed by atoms with E-state index in [0.717, 1.165) is 25.7 Å². The zero-order chi connectivity index (χ0) is 11.4. The van der Waals surface area contributed by atoms with Crippen molar-refractivity contribution < 1.29 is 18.0 Å². The second kappa shape index (κ2) is 5.40. The Hall–Kier alpha value is 0.0569. The SMILES string of the molecule is CCC1(CO[Si](CC)(OC)OC)COC1. The highest BCUT2D eigenvalue weighted by atomic mass is 28.4. The van der Waals surface area contributed by atoms with E-state index in [0.29, 0.717) is 6.61 Å². The Morgan fingerprint density at radius 1 is 1.20 bits per heavy atom. The smallest absolute Gasteiger partial charge is 0.380 e. The molecule has 4 nitrogen and oxygen atoms in total. The topological polar surface area (TPSA) is 36.9 Å². The zero-order valence-electron chi connectivity index (χ0n) is 10.2. The van der Waals surface area contributed by atoms with Crippen molar-refractivity contribution >= 4 is 8.80 Å². The summed E-state index contributed by atoms with van der Waals surface area (Å²) in [5.74, 6) is 0. The summed E-state index contributed by atoms with van der Waals surface area (Å²) < 4.78 is 21.9. The van der Waals surface area contributed by atoms with Crippen molar-refractivity contribution in [1.29, 1.82) is 0 Å². The normalized spacial score (nSPS) is 20.0. The van der Waals surface area contributed by atoms with Crippen molar-refractivity contribution in [2.45, 2.75) is 26.3 Å². The minimum atomic E-state index is -2.38. The Morgan fingerprint density at radius 2 is 1.80 bits per heavy atom. The minimum Gasteiger partial charge on any atom is -0.380 e. The molecule has 0 radical (unpaired) electrons. The van der Waals surface area contributed by atoms with Crippen LogP contribution in [0.2, 0.25) is 6.04 Å². The summed E-state index contributed by atoms with van der Waals surface area (Å²) in [7, 11) is 0.942. The van der Waals surface area contributed by atoms with Gasteiger partial charge in [-0.1, -0.05) is 13.8 Å². The molecule has 0 bridgehead atoms. The predicted octanol–water partition coefficient (Wildman–Crippen LogP) is 1.68. The van der Waals surface area contributed by atoms with Crippen LogP contribution in [0.5, 0.6) is 0 Å². The highest BCUT2D eigenvalue weighted by Crippen LogP contribution is 2.32. The van der Waals surface area contributed by atoms with Crippen LogP contribution in [0, 0.1) is 5.41 Å². The van der Waals surface area contributed by atoms with E-state index in [1.807, 2.05) is 6.92 Å². The maximum Gasteiger partial charge on any atom is 0.500 e. The van der Waals surface area contributed by atoms with Crippen LogP contribution in [-0.4, -0.2) is 42.8 Å². The van der Waals surface area contributed by atoms with E-state index in [9.17, 15) is 0 Å². The fourth-order valence-electron chi connectivity index (χ4n) is 1.64. The number of hydrogen-bond donors (Lipinski definition) is 0. The van der Waals surface area contributed by atoms with E-state index < -0.39 is 8.80 Å². The number of ether oxygens (including phenoxy) is 1. The van der Waals surface area contributed by atoms with Gasteiger partial charge < -0.3 is 18.0 Å². The van der Waals surface area contributed by atoms with Gasteiger partial charge in [0.15, 0.2) is 0 Å². The maximum absolute atomic E-state index is 5.89. The molecule has 0 unspecified atom stereocenters. The molecule has 15 heavy (non-hydrogen) atoms. The van der Waals surface area contributed by atoms with Crippen molar-refractivity contribution in [3.8, 4) is 0 Å². The van der Waals surface area contributed by atoms with E-state index in [-0.39, 0.29) is 5.41 Å². The summed E-state index contributed by atoms with van der Waals surface area (Å²) in [5, 5.41) is 0. The molecule has 0 aromatic carbocycles. The van der Waals surface area contributed by atoms with Crippen LogP contribution in [0.4, 0.5) is 0 Å². The molecular weight excluding hydrogens is 212 g/mol. The van der Waals surface area contributed by atoms with Gasteiger partial charge in [-0.25, -0.2) is 0 Å². The molecule has 1 rings (SSSR count). The van der Waals surface area contributed by atoms with Gasteiger partial charge in [0.2, 0.25) is 0 Å². The molecule has 0 aromatic rings. The van der Waals surface area contributed by atoms with Gasteiger partial charge in [-0.05, 0) is 6.42 Å². The lowest BCUT2D eigenvalue weighted by molar-refractivity contribution is -0.141. The molecule has 0 atom stereocenters. The van der Waals surface area contributed by atoms with Crippen LogP contribution < -0.4 is 0 Å². The van der Waals surface area contributed by atoms with E-state index in [4.69, 9.17) is 18.0 Å². The quantitative estimate of drug-likeness (QED) is 0.628. The molecule has 1 heterocycles. The Balaban J connectivity index is 2.45. The van der Waals surface area contributed by atoms with Crippen molar-refractivity contribution in [1.82, 2.24) is 0 Å². The predicted molar refractivity (Wildman–Crippen MR) is 59.7 cm³/mol. The molecule has 1 aliphatic rings. The molecule has 0 N–H and O–H groups in total. The van der Waals surface area contributed by atoms with Crippen molar-refractivity contribution in [3.63, 3.8) is 0 Å². The molecular formula is C10H22O4Si. The number of rotatable bonds is 7. The van der Waals surface area contributed by atoms with Gasteiger partial charge in [0, 0.05) is 32.3 Å². The second-order valence-corrected chi connectivity index (χ2v) is 7.26. The average Bonchev–Trinajstić information content (AvgIpc) is 2.24. The lowest BCUT2D eigenvalue weighted by Crippen LogP contribution is -2.51. The molecule has 0 saturated carbocycles. The van der Waals surface area contributed by atoms with Gasteiger partial charge in [-0.3, -0.25) is 0 Å². The van der Waals surface area contributed by atoms with Crippen LogP contribution in [-0.2, 0) is 18.0 Å². The van der Waals surface area contributed by atoms with E-state index in [2.05, 4.69) is 6.92 Å². The number of hydrogen-bond acceptors (Lipinski definition) is 4. The van der Waals surface area contributed by atoms with Crippen LogP contribution >= 0.6 is 0 Å². The highest BCUT2D eigenvalue weighted by Gasteiger charge is 2.43. The molecule has 0 aliphatic carbocycles. The van der Waals surface area contributed by atoms with Gasteiger partial charge in [-0.2, -0.15) is 0 Å². The summed E-state index contributed by atoms with van der Waals surface area (Å²) >= 11 is 0. The molecule has 1 fully saturated rings. The van der Waals surface area contributed by atoms with Crippen LogP contribution in [0.1, 0.15) is 20.3 Å². The molecule has 5 heteroatoms. The third-order valence-electron chi connectivity index (χ3n) is 3.22. The van der Waals surface area contributed by atoms with Gasteiger partial charge >= 0.3 is 8.80 Å². The Labute approximate surface area is 93.2 Å². The lowest BCUT2D eigenvalue weighted by atomic mass is 9.84. The molecule has 90 valence electrons.